The molecule has 0 aromatic heterocycles. The van der Waals surface area contributed by atoms with E-state index in [1.807, 2.05) is 0 Å². The van der Waals surface area contributed by atoms with Crippen LogP contribution in [0.4, 0.5) is 0 Å². The van der Waals surface area contributed by atoms with Crippen LogP contribution in [0.15, 0.2) is 65.1 Å². The molecule has 13 aliphatic rings. The molecule has 2 N–H and O–H groups in total. The largest absolute Gasteiger partial charge is 0.449 e. The molecule has 55 heavy (non-hydrogen) atoms. The second-order valence-electron chi connectivity index (χ2n) is 19.7. The van der Waals surface area contributed by atoms with Gasteiger partial charge in [-0.15, -0.1) is 0 Å². The molecule has 14 rings (SSSR count). The molecule has 0 radical (unpaired) electrons. The Kier molecular flexibility index (Phi) is 8.07. The molecular weight excluding hydrogens is 683 g/mol. The van der Waals surface area contributed by atoms with E-state index in [2.05, 4.69) is 66.2 Å². The van der Waals surface area contributed by atoms with E-state index in [4.69, 9.17) is 15.2 Å². The molecule has 7 heteroatoms. The lowest BCUT2D eigenvalue weighted by Crippen LogP contribution is -2.75. The van der Waals surface area contributed by atoms with Gasteiger partial charge in [0.1, 0.15) is 11.2 Å². The molecule has 292 valence electrons. The lowest BCUT2D eigenvalue weighted by molar-refractivity contribution is -0.271. The molecule has 3 saturated heterocycles. The minimum absolute atomic E-state index is 0.105. The molecule has 1 aromatic rings. The summed E-state index contributed by atoms with van der Waals surface area (Å²) in [6.07, 6.45) is 25.9. The molecule has 1 aromatic carbocycles. The number of allylic oxidation sites excluding steroid dienone is 3. The fourth-order valence-corrected chi connectivity index (χ4v) is 15.2. The predicted octanol–water partition coefficient (Wildman–Crippen LogP) is 8.35. The van der Waals surface area contributed by atoms with Gasteiger partial charge in [-0.05, 0) is 118 Å². The lowest BCUT2D eigenvalue weighted by atomic mass is 9.31. The standard InChI is InChI=1S/C48H61N3O4/c1-3-9-40-46-25-34-19-20-47(46,48(40)37-14-7-12-32(13-8-21-49)42(37)44(52)55-48)41(54-45(46)53)18-17-38(31-10-5-4-6-11-31)50-26-30-24-35(28-50)39-16-15-33-22-29(2)23-36(34)43(33)51(39)27-30/h7,12,14-16,18,25,29-31,35-36,38-40H,3-6,8-11,13,17,19-24,26-28,49H2,1-2H3/b41-18+/t29-,30+,35-,36-,38+,39-,40-,46-,47+,48+/m0/s1. The van der Waals surface area contributed by atoms with Gasteiger partial charge in [0.25, 0.3) is 0 Å². The van der Waals surface area contributed by atoms with Crippen molar-refractivity contribution in [3.63, 3.8) is 0 Å². The highest BCUT2D eigenvalue weighted by Gasteiger charge is 2.91. The number of benzene rings is 1. The summed E-state index contributed by atoms with van der Waals surface area (Å²) in [6.45, 7) is 8.68. The molecule has 4 aliphatic carbocycles. The second kappa shape index (κ2) is 12.7. The first-order valence-corrected chi connectivity index (χ1v) is 22.5. The number of hydrogen-bond donors (Lipinski definition) is 1. The first-order chi connectivity index (χ1) is 26.8. The number of aryl methyl sites for hydroxylation is 1. The van der Waals surface area contributed by atoms with E-state index in [9.17, 15) is 4.79 Å². The number of piperidine rings is 2. The molecule has 0 amide bonds. The zero-order chi connectivity index (χ0) is 37.3. The van der Waals surface area contributed by atoms with E-state index in [-0.39, 0.29) is 17.9 Å². The zero-order valence-electron chi connectivity index (χ0n) is 33.2. The molecule has 10 bridgehead atoms. The maximum Gasteiger partial charge on any atom is 0.339 e. The van der Waals surface area contributed by atoms with Crippen molar-refractivity contribution < 1.29 is 19.1 Å². The number of nitrogens with two attached hydrogens (primary N) is 1. The lowest BCUT2D eigenvalue weighted by Gasteiger charge is -2.69. The summed E-state index contributed by atoms with van der Waals surface area (Å²) in [5.74, 6) is 3.11. The van der Waals surface area contributed by atoms with Crippen molar-refractivity contribution in [3.05, 3.63) is 81.8 Å². The van der Waals surface area contributed by atoms with E-state index >= 15 is 4.79 Å². The zero-order valence-corrected chi connectivity index (χ0v) is 33.2. The molecule has 5 fully saturated rings. The van der Waals surface area contributed by atoms with E-state index in [0.29, 0.717) is 48.2 Å². The molecule has 1 unspecified atom stereocenters. The number of rotatable bonds is 6. The van der Waals surface area contributed by atoms with E-state index in [1.165, 1.54) is 49.7 Å². The number of carbonyl (C=O) groups is 2. The minimum Gasteiger partial charge on any atom is -0.449 e. The quantitative estimate of drug-likeness (QED) is 0.232. The van der Waals surface area contributed by atoms with Crippen LogP contribution in [-0.4, -0.2) is 60.0 Å². The fourth-order valence-electron chi connectivity index (χ4n) is 15.2. The van der Waals surface area contributed by atoms with Gasteiger partial charge in [0.15, 0.2) is 5.60 Å². The van der Waals surface area contributed by atoms with Crippen LogP contribution in [0.1, 0.15) is 125 Å². The van der Waals surface area contributed by atoms with Gasteiger partial charge < -0.3 is 20.1 Å². The van der Waals surface area contributed by atoms with Crippen LogP contribution in [0.25, 0.3) is 0 Å². The third-order valence-corrected chi connectivity index (χ3v) is 17.0. The monoisotopic (exact) mass is 743 g/mol. The van der Waals surface area contributed by atoms with Crippen LogP contribution < -0.4 is 5.73 Å². The van der Waals surface area contributed by atoms with Gasteiger partial charge in [-0.2, -0.15) is 0 Å². The summed E-state index contributed by atoms with van der Waals surface area (Å²) in [5.41, 5.74) is 10.7. The Labute approximate surface area is 327 Å². The van der Waals surface area contributed by atoms with Crippen molar-refractivity contribution in [2.75, 3.05) is 26.2 Å². The molecule has 7 nitrogen and oxygen atoms in total. The molecule has 2 spiro atoms. The molecule has 11 atom stereocenters. The van der Waals surface area contributed by atoms with Gasteiger partial charge in [0, 0.05) is 48.8 Å². The number of carbonyl (C=O) groups excluding carboxylic acids is 2. The first-order valence-electron chi connectivity index (χ1n) is 22.5. The Morgan fingerprint density at radius 3 is 2.75 bits per heavy atom. The topological polar surface area (TPSA) is 85.1 Å². The summed E-state index contributed by atoms with van der Waals surface area (Å²) < 4.78 is 13.9. The van der Waals surface area contributed by atoms with Crippen LogP contribution >= 0.6 is 0 Å². The highest BCUT2D eigenvalue weighted by molar-refractivity contribution is 5.99. The fraction of sp³-hybridized carbons (Fsp3) is 0.667. The first kappa shape index (κ1) is 35.0. The smallest absolute Gasteiger partial charge is 0.339 e. The highest BCUT2D eigenvalue weighted by atomic mass is 16.6. The summed E-state index contributed by atoms with van der Waals surface area (Å²) >= 11 is 0. The third kappa shape index (κ3) is 4.52. The molecule has 9 aliphatic heterocycles. The Bertz CT molecular complexity index is 1940. The Morgan fingerprint density at radius 2 is 1.91 bits per heavy atom. The Balaban J connectivity index is 1.14. The van der Waals surface area contributed by atoms with Crippen LogP contribution in [-0.2, 0) is 26.3 Å². The van der Waals surface area contributed by atoms with E-state index < -0.39 is 16.4 Å². The maximum atomic E-state index is 15.2. The minimum atomic E-state index is -0.938. The SMILES string of the molecule is CCC[C@@H]1[C@@]2(OC(=O)c3c(CCCN)cccc32)[C@@]23CCC4=C[C@@]12C(=O)O/C3=C/C[C@H](C1CCCCC1)N1C[C@H]2C[C@@H](C1)[C@@H]1C=CC3=C([C@H]4C[C@@H](C)C3)N1C2. The highest BCUT2D eigenvalue weighted by Crippen LogP contribution is 2.84. The van der Waals surface area contributed by atoms with Crippen LogP contribution in [0.3, 0.4) is 0 Å². The van der Waals surface area contributed by atoms with Gasteiger partial charge in [0.2, 0.25) is 0 Å². The average molecular weight is 744 g/mol. The van der Waals surface area contributed by atoms with Crippen molar-refractivity contribution in [3.8, 4) is 0 Å². The molecule has 2 saturated carbocycles. The number of ether oxygens (including phenoxy) is 2. The second-order valence-corrected chi connectivity index (χ2v) is 19.7. The van der Waals surface area contributed by atoms with Crippen molar-refractivity contribution >= 4 is 11.9 Å². The van der Waals surface area contributed by atoms with Crippen molar-refractivity contribution in [2.24, 2.45) is 52.1 Å². The molecule has 9 heterocycles. The van der Waals surface area contributed by atoms with Gasteiger partial charge in [-0.25, -0.2) is 4.79 Å². The molecular formula is C48H61N3O4. The summed E-state index contributed by atoms with van der Waals surface area (Å²) in [7, 11) is 0. The number of fused-ring (bicyclic) bond motifs is 2. The van der Waals surface area contributed by atoms with Gasteiger partial charge in [-0.3, -0.25) is 9.69 Å². The average Bonchev–Trinajstić information content (AvgIpc) is 3.63. The Hall–Kier alpha value is -3.16. The van der Waals surface area contributed by atoms with Crippen molar-refractivity contribution in [1.29, 1.82) is 0 Å². The van der Waals surface area contributed by atoms with Crippen molar-refractivity contribution in [1.82, 2.24) is 9.80 Å². The maximum absolute atomic E-state index is 15.2. The Morgan fingerprint density at radius 1 is 1.04 bits per heavy atom. The predicted molar refractivity (Wildman–Crippen MR) is 212 cm³/mol. The van der Waals surface area contributed by atoms with Gasteiger partial charge in [0.05, 0.1) is 17.0 Å². The number of esters is 2. The van der Waals surface area contributed by atoms with E-state index in [0.717, 1.165) is 99.9 Å². The van der Waals surface area contributed by atoms with Gasteiger partial charge >= 0.3 is 11.9 Å². The third-order valence-electron chi connectivity index (χ3n) is 17.0. The van der Waals surface area contributed by atoms with Gasteiger partial charge in [-0.1, -0.05) is 81.5 Å². The van der Waals surface area contributed by atoms with Crippen LogP contribution in [0, 0.1) is 46.3 Å². The summed E-state index contributed by atoms with van der Waals surface area (Å²) in [4.78, 5) is 35.5. The summed E-state index contributed by atoms with van der Waals surface area (Å²) in [5, 5.41) is 0. The van der Waals surface area contributed by atoms with Crippen molar-refractivity contribution in [2.45, 2.75) is 128 Å². The summed E-state index contributed by atoms with van der Waals surface area (Å²) in [6, 6.07) is 7.23. The van der Waals surface area contributed by atoms with Crippen LogP contribution in [0.5, 0.6) is 0 Å². The van der Waals surface area contributed by atoms with Crippen LogP contribution in [0.2, 0.25) is 0 Å². The number of nitrogens with zero attached hydrogens (tertiary/aromatic N) is 2. The number of hydrogen-bond acceptors (Lipinski definition) is 7. The normalized spacial score (nSPS) is 43.3. The van der Waals surface area contributed by atoms with E-state index in [1.54, 1.807) is 5.70 Å².